The Hall–Kier alpha value is -1.39. The second-order valence-corrected chi connectivity index (χ2v) is 5.81. The van der Waals surface area contributed by atoms with E-state index in [0.29, 0.717) is 0 Å². The van der Waals surface area contributed by atoms with Crippen LogP contribution < -0.4 is 16.0 Å². The molecule has 1 saturated heterocycles. The zero-order valence-electron chi connectivity index (χ0n) is 12.9. The van der Waals surface area contributed by atoms with E-state index >= 15 is 0 Å². The van der Waals surface area contributed by atoms with Crippen molar-refractivity contribution in [3.05, 3.63) is 28.8 Å². The van der Waals surface area contributed by atoms with Crippen LogP contribution >= 0.6 is 0 Å². The third kappa shape index (κ3) is 2.86. The Morgan fingerprint density at radius 2 is 1.70 bits per heavy atom. The lowest BCUT2D eigenvalue weighted by Gasteiger charge is -2.36. The van der Waals surface area contributed by atoms with Gasteiger partial charge in [0.15, 0.2) is 0 Å². The van der Waals surface area contributed by atoms with Gasteiger partial charge < -0.3 is 16.0 Å². The summed E-state index contributed by atoms with van der Waals surface area (Å²) in [7, 11) is 1.87. The van der Waals surface area contributed by atoms with Gasteiger partial charge in [0, 0.05) is 5.69 Å². The molecule has 0 aromatic heterocycles. The highest BCUT2D eigenvalue weighted by Gasteiger charge is 2.38. The van der Waals surface area contributed by atoms with E-state index in [0.717, 1.165) is 42.7 Å². The smallest absolute Gasteiger partial charge is 0.244 e. The fraction of sp³-hybridized carbons (Fsp3) is 0.562. The number of hydrogen-bond donors (Lipinski definition) is 3. The molecule has 4 heteroatoms. The average molecular weight is 275 g/mol. The van der Waals surface area contributed by atoms with E-state index in [9.17, 15) is 4.79 Å². The Labute approximate surface area is 121 Å². The number of nitrogens with one attached hydrogen (secondary N) is 3. The topological polar surface area (TPSA) is 53.2 Å². The quantitative estimate of drug-likeness (QED) is 0.789. The van der Waals surface area contributed by atoms with Gasteiger partial charge in [0.25, 0.3) is 0 Å². The van der Waals surface area contributed by atoms with E-state index in [4.69, 9.17) is 0 Å². The van der Waals surface area contributed by atoms with Gasteiger partial charge in [-0.2, -0.15) is 0 Å². The SMILES string of the molecule is CNC1(C(=O)Nc2c(C)cc(C)cc2C)CCNCC1. The van der Waals surface area contributed by atoms with Crippen molar-refractivity contribution in [3.8, 4) is 0 Å². The van der Waals surface area contributed by atoms with Crippen LogP contribution in [0.15, 0.2) is 12.1 Å². The van der Waals surface area contributed by atoms with Crippen LogP contribution in [-0.2, 0) is 4.79 Å². The molecule has 0 unspecified atom stereocenters. The number of anilines is 1. The first-order chi connectivity index (χ1) is 9.48. The minimum atomic E-state index is -0.449. The van der Waals surface area contributed by atoms with Gasteiger partial charge in [0.2, 0.25) is 5.91 Å². The molecule has 20 heavy (non-hydrogen) atoms. The van der Waals surface area contributed by atoms with Gasteiger partial charge in [-0.05, 0) is 64.9 Å². The number of rotatable bonds is 3. The first-order valence-corrected chi connectivity index (χ1v) is 7.27. The first-order valence-electron chi connectivity index (χ1n) is 7.27. The molecule has 1 heterocycles. The fourth-order valence-corrected chi connectivity index (χ4v) is 3.05. The largest absolute Gasteiger partial charge is 0.324 e. The number of hydrogen-bond acceptors (Lipinski definition) is 3. The molecule has 1 fully saturated rings. The van der Waals surface area contributed by atoms with Crippen LogP contribution in [0.3, 0.4) is 0 Å². The molecular weight excluding hydrogens is 250 g/mol. The van der Waals surface area contributed by atoms with Crippen LogP contribution in [-0.4, -0.2) is 31.6 Å². The summed E-state index contributed by atoms with van der Waals surface area (Å²) in [5.41, 5.74) is 3.97. The maximum atomic E-state index is 12.7. The van der Waals surface area contributed by atoms with Crippen LogP contribution in [0, 0.1) is 20.8 Å². The standard InChI is InChI=1S/C16H25N3O/c1-11-9-12(2)14(13(3)10-11)19-15(20)16(17-4)5-7-18-8-6-16/h9-10,17-18H,5-8H2,1-4H3,(H,19,20). The predicted molar refractivity (Wildman–Crippen MR) is 83.2 cm³/mol. The lowest BCUT2D eigenvalue weighted by molar-refractivity contribution is -0.123. The van der Waals surface area contributed by atoms with Gasteiger partial charge in [-0.15, -0.1) is 0 Å². The molecule has 0 spiro atoms. The molecule has 0 radical (unpaired) electrons. The summed E-state index contributed by atoms with van der Waals surface area (Å²) in [5, 5.41) is 9.68. The van der Waals surface area contributed by atoms with E-state index in [1.165, 1.54) is 5.56 Å². The van der Waals surface area contributed by atoms with E-state index in [1.807, 2.05) is 20.9 Å². The number of piperidine rings is 1. The molecular formula is C16H25N3O. The molecule has 1 aliphatic rings. The monoisotopic (exact) mass is 275 g/mol. The summed E-state index contributed by atoms with van der Waals surface area (Å²) >= 11 is 0. The van der Waals surface area contributed by atoms with Crippen molar-refractivity contribution in [2.45, 2.75) is 39.2 Å². The molecule has 3 N–H and O–H groups in total. The van der Waals surface area contributed by atoms with Crippen molar-refractivity contribution in [2.75, 3.05) is 25.5 Å². The number of amides is 1. The van der Waals surface area contributed by atoms with Gasteiger partial charge in [-0.25, -0.2) is 0 Å². The van der Waals surface area contributed by atoms with Crippen molar-refractivity contribution in [3.63, 3.8) is 0 Å². The zero-order valence-corrected chi connectivity index (χ0v) is 12.9. The summed E-state index contributed by atoms with van der Waals surface area (Å²) in [5.74, 6) is 0.0801. The Morgan fingerprint density at radius 3 is 2.20 bits per heavy atom. The zero-order chi connectivity index (χ0) is 14.8. The number of aryl methyl sites for hydroxylation is 3. The molecule has 1 aromatic carbocycles. The molecule has 0 atom stereocenters. The van der Waals surface area contributed by atoms with Crippen LogP contribution in [0.2, 0.25) is 0 Å². The van der Waals surface area contributed by atoms with Crippen molar-refractivity contribution in [2.24, 2.45) is 0 Å². The Balaban J connectivity index is 2.23. The average Bonchev–Trinajstić information content (AvgIpc) is 2.43. The molecule has 2 rings (SSSR count). The molecule has 1 aromatic rings. The van der Waals surface area contributed by atoms with E-state index in [1.54, 1.807) is 0 Å². The van der Waals surface area contributed by atoms with Crippen molar-refractivity contribution in [1.82, 2.24) is 10.6 Å². The summed E-state index contributed by atoms with van der Waals surface area (Å²) in [6.07, 6.45) is 1.64. The first kappa shape index (κ1) is 15.0. The van der Waals surface area contributed by atoms with Gasteiger partial charge in [-0.3, -0.25) is 4.79 Å². The summed E-state index contributed by atoms with van der Waals surface area (Å²) < 4.78 is 0. The maximum absolute atomic E-state index is 12.7. The second kappa shape index (κ2) is 5.94. The van der Waals surface area contributed by atoms with E-state index < -0.39 is 5.54 Å². The molecule has 4 nitrogen and oxygen atoms in total. The third-order valence-corrected chi connectivity index (χ3v) is 4.29. The minimum Gasteiger partial charge on any atom is -0.324 e. The third-order valence-electron chi connectivity index (χ3n) is 4.29. The summed E-state index contributed by atoms with van der Waals surface area (Å²) in [4.78, 5) is 12.7. The lowest BCUT2D eigenvalue weighted by atomic mass is 9.87. The molecule has 1 aliphatic heterocycles. The van der Waals surface area contributed by atoms with Crippen molar-refractivity contribution >= 4 is 11.6 Å². The van der Waals surface area contributed by atoms with Crippen molar-refractivity contribution < 1.29 is 4.79 Å². The highest BCUT2D eigenvalue weighted by Crippen LogP contribution is 2.25. The number of benzene rings is 1. The van der Waals surface area contributed by atoms with E-state index in [-0.39, 0.29) is 5.91 Å². The summed E-state index contributed by atoms with van der Waals surface area (Å²) in [6.45, 7) is 7.92. The molecule has 0 aliphatic carbocycles. The van der Waals surface area contributed by atoms with Crippen LogP contribution in [0.1, 0.15) is 29.5 Å². The predicted octanol–water partition coefficient (Wildman–Crippen LogP) is 1.89. The van der Waals surface area contributed by atoms with Crippen LogP contribution in [0.4, 0.5) is 5.69 Å². The summed E-state index contributed by atoms with van der Waals surface area (Å²) in [6, 6.07) is 4.22. The maximum Gasteiger partial charge on any atom is 0.244 e. The Morgan fingerprint density at radius 1 is 1.15 bits per heavy atom. The molecule has 0 bridgehead atoms. The lowest BCUT2D eigenvalue weighted by Crippen LogP contribution is -2.58. The normalized spacial score (nSPS) is 17.8. The Kier molecular flexibility index (Phi) is 4.45. The number of likely N-dealkylation sites (N-methyl/N-ethyl adjacent to an activating group) is 1. The Bertz CT molecular complexity index is 481. The van der Waals surface area contributed by atoms with Gasteiger partial charge >= 0.3 is 0 Å². The minimum absolute atomic E-state index is 0.0801. The van der Waals surface area contributed by atoms with E-state index in [2.05, 4.69) is 35.0 Å². The fourth-order valence-electron chi connectivity index (χ4n) is 3.05. The van der Waals surface area contributed by atoms with Gasteiger partial charge in [0.05, 0.1) is 0 Å². The van der Waals surface area contributed by atoms with Gasteiger partial charge in [-0.1, -0.05) is 17.7 Å². The number of carbonyl (C=O) groups is 1. The molecule has 0 saturated carbocycles. The second-order valence-electron chi connectivity index (χ2n) is 5.81. The molecule has 1 amide bonds. The van der Waals surface area contributed by atoms with Crippen LogP contribution in [0.25, 0.3) is 0 Å². The highest BCUT2D eigenvalue weighted by molar-refractivity contribution is 5.99. The van der Waals surface area contributed by atoms with Crippen molar-refractivity contribution in [1.29, 1.82) is 0 Å². The molecule has 110 valence electrons. The van der Waals surface area contributed by atoms with Gasteiger partial charge in [0.1, 0.15) is 5.54 Å². The highest BCUT2D eigenvalue weighted by atomic mass is 16.2. The number of carbonyl (C=O) groups excluding carboxylic acids is 1. The van der Waals surface area contributed by atoms with Crippen LogP contribution in [0.5, 0.6) is 0 Å².